The number of hydrogen-bond acceptors (Lipinski definition) is 8. The number of nitro groups is 1. The van der Waals surface area contributed by atoms with E-state index in [0.29, 0.717) is 18.6 Å². The lowest BCUT2D eigenvalue weighted by atomic mass is 10.2. The van der Waals surface area contributed by atoms with Crippen molar-refractivity contribution in [1.29, 1.82) is 0 Å². The first kappa shape index (κ1) is 27.3. The maximum absolute atomic E-state index is 12.4. The molecule has 12 heteroatoms. The lowest BCUT2D eigenvalue weighted by Gasteiger charge is -2.30. The van der Waals surface area contributed by atoms with Crippen molar-refractivity contribution in [2.45, 2.75) is 39.8 Å². The van der Waals surface area contributed by atoms with Gasteiger partial charge in [-0.15, -0.1) is 23.7 Å². The molecule has 0 spiro atoms. The topological polar surface area (TPSA) is 127 Å². The van der Waals surface area contributed by atoms with Crippen LogP contribution in [0.4, 0.5) is 10.8 Å². The number of amides is 2. The number of carbonyl (C=O) groups is 2. The van der Waals surface area contributed by atoms with Crippen molar-refractivity contribution in [2.75, 3.05) is 25.5 Å². The van der Waals surface area contributed by atoms with Crippen molar-refractivity contribution in [1.82, 2.24) is 15.2 Å². The maximum Gasteiger partial charge on any atom is 0.310 e. The van der Waals surface area contributed by atoms with E-state index in [4.69, 9.17) is 4.74 Å². The summed E-state index contributed by atoms with van der Waals surface area (Å²) in [5.74, 6) is -0.853. The Morgan fingerprint density at radius 1 is 1.22 bits per heavy atom. The number of thiazole rings is 1. The molecule has 0 aliphatic heterocycles. The smallest absolute Gasteiger partial charge is 0.310 e. The van der Waals surface area contributed by atoms with Crippen LogP contribution in [0.25, 0.3) is 0 Å². The van der Waals surface area contributed by atoms with E-state index >= 15 is 0 Å². The van der Waals surface area contributed by atoms with Crippen molar-refractivity contribution in [3.05, 3.63) is 45.0 Å². The molecular weight excluding hydrogens is 458 g/mol. The average molecular weight is 486 g/mol. The summed E-state index contributed by atoms with van der Waals surface area (Å²) in [4.78, 5) is 41.6. The molecule has 0 bridgehead atoms. The van der Waals surface area contributed by atoms with Gasteiger partial charge in [0.2, 0.25) is 0 Å². The van der Waals surface area contributed by atoms with E-state index in [1.807, 2.05) is 0 Å². The van der Waals surface area contributed by atoms with Gasteiger partial charge in [-0.05, 0) is 33.8 Å². The Balaban J connectivity index is 0.00000512. The van der Waals surface area contributed by atoms with Crippen molar-refractivity contribution >= 4 is 46.4 Å². The SMILES string of the molecule is COc1cc(C(=O)Nc2nc(C(=O)NCCN(C(C)C)C(C)C)cs2)ccc1[N+](=O)[O-].Cl. The van der Waals surface area contributed by atoms with E-state index in [1.54, 1.807) is 5.38 Å². The van der Waals surface area contributed by atoms with Gasteiger partial charge in [0.1, 0.15) is 5.69 Å². The molecule has 0 saturated carbocycles. The Kier molecular flexibility index (Phi) is 10.5. The van der Waals surface area contributed by atoms with Gasteiger partial charge in [-0.1, -0.05) is 0 Å². The highest BCUT2D eigenvalue weighted by atomic mass is 35.5. The van der Waals surface area contributed by atoms with E-state index in [1.165, 1.54) is 25.3 Å². The minimum atomic E-state index is -0.590. The molecule has 0 atom stereocenters. The van der Waals surface area contributed by atoms with E-state index < -0.39 is 10.8 Å². The predicted molar refractivity (Wildman–Crippen MR) is 126 cm³/mol. The molecule has 1 heterocycles. The highest BCUT2D eigenvalue weighted by Crippen LogP contribution is 2.28. The second-order valence-corrected chi connectivity index (χ2v) is 8.18. The molecule has 0 saturated heterocycles. The molecule has 0 aliphatic rings. The van der Waals surface area contributed by atoms with Gasteiger partial charge in [0.15, 0.2) is 10.9 Å². The summed E-state index contributed by atoms with van der Waals surface area (Å²) in [6.07, 6.45) is 0. The first-order valence-corrected chi connectivity index (χ1v) is 10.6. The van der Waals surface area contributed by atoms with Crippen molar-refractivity contribution in [3.63, 3.8) is 0 Å². The van der Waals surface area contributed by atoms with E-state index in [-0.39, 0.29) is 46.1 Å². The van der Waals surface area contributed by atoms with E-state index in [0.717, 1.165) is 17.9 Å². The standard InChI is InChI=1S/C20H27N5O5S.ClH/c1-12(2)24(13(3)4)9-8-21-19(27)15-11-31-20(22-15)23-18(26)14-6-7-16(25(28)29)17(10-14)30-5;/h6-7,10-13H,8-9H2,1-5H3,(H,21,27)(H,22,23,26);1H. The van der Waals surface area contributed by atoms with E-state index in [9.17, 15) is 19.7 Å². The number of aromatic nitrogens is 1. The van der Waals surface area contributed by atoms with Crippen molar-refractivity contribution in [2.24, 2.45) is 0 Å². The molecule has 2 aromatic rings. The summed E-state index contributed by atoms with van der Waals surface area (Å²) in [5.41, 5.74) is 0.147. The first-order chi connectivity index (χ1) is 14.6. The molecule has 0 radical (unpaired) electrons. The van der Waals surface area contributed by atoms with Gasteiger partial charge in [-0.3, -0.25) is 29.9 Å². The lowest BCUT2D eigenvalue weighted by Crippen LogP contribution is -2.42. The van der Waals surface area contributed by atoms with Crippen LogP contribution in [0.5, 0.6) is 5.75 Å². The van der Waals surface area contributed by atoms with Crippen LogP contribution in [-0.4, -0.2) is 58.9 Å². The van der Waals surface area contributed by atoms with Gasteiger partial charge in [0.25, 0.3) is 11.8 Å². The van der Waals surface area contributed by atoms with Gasteiger partial charge < -0.3 is 10.1 Å². The Bertz CT molecular complexity index is 942. The van der Waals surface area contributed by atoms with Crippen LogP contribution < -0.4 is 15.4 Å². The normalized spacial score (nSPS) is 10.8. The number of carbonyl (C=O) groups excluding carboxylic acids is 2. The molecular formula is C20H28ClN5O5S. The van der Waals surface area contributed by atoms with Crippen LogP contribution in [-0.2, 0) is 0 Å². The highest BCUT2D eigenvalue weighted by molar-refractivity contribution is 7.14. The number of benzene rings is 1. The van der Waals surface area contributed by atoms with Gasteiger partial charge in [-0.25, -0.2) is 4.98 Å². The quantitative estimate of drug-likeness (QED) is 0.389. The summed E-state index contributed by atoms with van der Waals surface area (Å²) in [5, 5.41) is 18.2. The Morgan fingerprint density at radius 2 is 1.88 bits per heavy atom. The van der Waals surface area contributed by atoms with Crippen LogP contribution >= 0.6 is 23.7 Å². The van der Waals surface area contributed by atoms with Crippen LogP contribution in [0.3, 0.4) is 0 Å². The molecule has 0 unspecified atom stereocenters. The zero-order chi connectivity index (χ0) is 23.1. The third kappa shape index (κ3) is 7.14. The van der Waals surface area contributed by atoms with Crippen LogP contribution in [0.1, 0.15) is 48.5 Å². The largest absolute Gasteiger partial charge is 0.490 e. The first-order valence-electron chi connectivity index (χ1n) is 9.77. The third-order valence-corrected chi connectivity index (χ3v) is 5.34. The zero-order valence-electron chi connectivity index (χ0n) is 18.6. The number of hydrogen-bond donors (Lipinski definition) is 2. The molecule has 0 fully saturated rings. The molecule has 1 aromatic heterocycles. The number of nitrogens with one attached hydrogen (secondary N) is 2. The molecule has 32 heavy (non-hydrogen) atoms. The average Bonchev–Trinajstić information content (AvgIpc) is 3.18. The highest BCUT2D eigenvalue weighted by Gasteiger charge is 2.19. The number of methoxy groups -OCH3 is 1. The molecule has 2 amide bonds. The Labute approximate surface area is 196 Å². The second kappa shape index (κ2) is 12.3. The summed E-state index contributed by atoms with van der Waals surface area (Å²) >= 11 is 1.11. The number of rotatable bonds is 10. The lowest BCUT2D eigenvalue weighted by molar-refractivity contribution is -0.385. The summed E-state index contributed by atoms with van der Waals surface area (Å²) < 4.78 is 4.98. The minimum absolute atomic E-state index is 0. The third-order valence-electron chi connectivity index (χ3n) is 4.58. The van der Waals surface area contributed by atoms with Gasteiger partial charge >= 0.3 is 5.69 Å². The molecule has 2 rings (SSSR count). The van der Waals surface area contributed by atoms with Crippen molar-refractivity contribution in [3.8, 4) is 5.75 Å². The molecule has 0 aliphatic carbocycles. The van der Waals surface area contributed by atoms with Crippen LogP contribution in [0.15, 0.2) is 23.6 Å². The zero-order valence-corrected chi connectivity index (χ0v) is 20.2. The molecule has 176 valence electrons. The number of ether oxygens (including phenoxy) is 1. The predicted octanol–water partition coefficient (Wildman–Crippen LogP) is 3.58. The second-order valence-electron chi connectivity index (χ2n) is 7.32. The fraction of sp³-hybridized carbons (Fsp3) is 0.450. The molecule has 1 aromatic carbocycles. The number of anilines is 1. The minimum Gasteiger partial charge on any atom is -0.490 e. The fourth-order valence-electron chi connectivity index (χ4n) is 3.08. The summed E-state index contributed by atoms with van der Waals surface area (Å²) in [6, 6.07) is 4.55. The van der Waals surface area contributed by atoms with Crippen molar-refractivity contribution < 1.29 is 19.2 Å². The van der Waals surface area contributed by atoms with Gasteiger partial charge in [-0.2, -0.15) is 0 Å². The Morgan fingerprint density at radius 3 is 2.44 bits per heavy atom. The van der Waals surface area contributed by atoms with Gasteiger partial charge in [0.05, 0.1) is 12.0 Å². The number of halogens is 1. The van der Waals surface area contributed by atoms with Gasteiger partial charge in [0, 0.05) is 48.2 Å². The van der Waals surface area contributed by atoms with Crippen LogP contribution in [0.2, 0.25) is 0 Å². The monoisotopic (exact) mass is 485 g/mol. The summed E-state index contributed by atoms with van der Waals surface area (Å²) in [6.45, 7) is 9.64. The number of nitrogens with zero attached hydrogens (tertiary/aromatic N) is 3. The Hall–Kier alpha value is -2.76. The maximum atomic E-state index is 12.4. The number of nitro benzene ring substituents is 1. The summed E-state index contributed by atoms with van der Waals surface area (Å²) in [7, 11) is 1.29. The van der Waals surface area contributed by atoms with Crippen LogP contribution in [0, 0.1) is 10.1 Å². The molecule has 10 nitrogen and oxygen atoms in total. The fourth-order valence-corrected chi connectivity index (χ4v) is 3.76. The molecule has 2 N–H and O–H groups in total. The van der Waals surface area contributed by atoms with E-state index in [2.05, 4.69) is 48.2 Å².